The first kappa shape index (κ1) is 15.2. The molecule has 2 rings (SSSR count). The van der Waals surface area contributed by atoms with Gasteiger partial charge in [-0.2, -0.15) is 0 Å². The van der Waals surface area contributed by atoms with Crippen LogP contribution < -0.4 is 4.72 Å². The topological polar surface area (TPSA) is 128 Å². The van der Waals surface area contributed by atoms with Gasteiger partial charge >= 0.3 is 6.01 Å². The molecule has 21 heavy (non-hydrogen) atoms. The van der Waals surface area contributed by atoms with Crippen molar-refractivity contribution in [2.45, 2.75) is 18.7 Å². The first-order valence-electron chi connectivity index (χ1n) is 5.48. The summed E-state index contributed by atoms with van der Waals surface area (Å²) in [5.41, 5.74) is -0.265. The molecule has 0 bridgehead atoms. The van der Waals surface area contributed by atoms with Crippen LogP contribution in [0, 0.1) is 24.0 Å². The standard InChI is InChI=1S/C10H9ClN4O5S/c1-5-3-7(11)8(15(16)17)4-9(5)21(18,19)14-10-13-12-6(2)20-10/h3-4H,1-2H3,(H,13,14). The first-order valence-corrected chi connectivity index (χ1v) is 7.34. The van der Waals surface area contributed by atoms with Crippen molar-refractivity contribution in [3.8, 4) is 0 Å². The van der Waals surface area contributed by atoms with Crippen LogP contribution in [0.1, 0.15) is 11.5 Å². The van der Waals surface area contributed by atoms with Gasteiger partial charge in [0.05, 0.1) is 9.82 Å². The first-order chi connectivity index (χ1) is 9.70. The number of halogens is 1. The minimum atomic E-state index is -4.11. The quantitative estimate of drug-likeness (QED) is 0.670. The van der Waals surface area contributed by atoms with Crippen LogP contribution >= 0.6 is 11.6 Å². The zero-order chi connectivity index (χ0) is 15.8. The Kier molecular flexibility index (Phi) is 3.83. The molecule has 9 nitrogen and oxygen atoms in total. The highest BCUT2D eigenvalue weighted by atomic mass is 35.5. The molecule has 0 fully saturated rings. The lowest BCUT2D eigenvalue weighted by Gasteiger charge is -2.08. The van der Waals surface area contributed by atoms with E-state index in [0.29, 0.717) is 0 Å². The third-order valence-corrected chi connectivity index (χ3v) is 4.24. The van der Waals surface area contributed by atoms with Crippen LogP contribution in [-0.2, 0) is 10.0 Å². The molecule has 0 saturated carbocycles. The molecule has 1 aromatic carbocycles. The van der Waals surface area contributed by atoms with E-state index in [4.69, 9.17) is 16.0 Å². The van der Waals surface area contributed by atoms with Crippen molar-refractivity contribution in [2.75, 3.05) is 4.72 Å². The number of nitro benzene ring substituents is 1. The minimum absolute atomic E-state index is 0.148. The van der Waals surface area contributed by atoms with Crippen LogP contribution in [0.4, 0.5) is 11.7 Å². The van der Waals surface area contributed by atoms with E-state index in [0.717, 1.165) is 6.07 Å². The van der Waals surface area contributed by atoms with Gasteiger partial charge in [0.2, 0.25) is 5.89 Å². The average molecular weight is 333 g/mol. The molecule has 0 aliphatic carbocycles. The number of rotatable bonds is 4. The maximum absolute atomic E-state index is 12.2. The molecule has 0 unspecified atom stereocenters. The molecule has 112 valence electrons. The molecule has 0 atom stereocenters. The summed E-state index contributed by atoms with van der Waals surface area (Å²) in [4.78, 5) is 9.78. The molecule has 2 aromatic rings. The number of sulfonamides is 1. The Morgan fingerprint density at radius 2 is 2.00 bits per heavy atom. The van der Waals surface area contributed by atoms with E-state index < -0.39 is 20.6 Å². The summed E-state index contributed by atoms with van der Waals surface area (Å²) in [7, 11) is -4.11. The van der Waals surface area contributed by atoms with E-state index >= 15 is 0 Å². The molecule has 0 amide bonds. The maximum Gasteiger partial charge on any atom is 0.329 e. The summed E-state index contributed by atoms with van der Waals surface area (Å²) in [6, 6.07) is 1.75. The van der Waals surface area contributed by atoms with Gasteiger partial charge < -0.3 is 4.42 Å². The molecule has 11 heteroatoms. The number of anilines is 1. The van der Waals surface area contributed by atoms with E-state index in [1.165, 1.54) is 19.9 Å². The third kappa shape index (κ3) is 3.11. The smallest absolute Gasteiger partial charge is 0.329 e. The second kappa shape index (κ2) is 5.30. The second-order valence-electron chi connectivity index (χ2n) is 4.06. The highest BCUT2D eigenvalue weighted by Crippen LogP contribution is 2.30. The van der Waals surface area contributed by atoms with Crippen molar-refractivity contribution in [3.05, 3.63) is 38.7 Å². The summed E-state index contributed by atoms with van der Waals surface area (Å²) < 4.78 is 31.4. The fourth-order valence-electron chi connectivity index (χ4n) is 1.58. The normalized spacial score (nSPS) is 11.4. The molecule has 0 spiro atoms. The van der Waals surface area contributed by atoms with Gasteiger partial charge in [-0.3, -0.25) is 10.1 Å². The van der Waals surface area contributed by atoms with Crippen molar-refractivity contribution in [1.82, 2.24) is 10.2 Å². The molecule has 0 aliphatic heterocycles. The van der Waals surface area contributed by atoms with Crippen molar-refractivity contribution < 1.29 is 17.8 Å². The average Bonchev–Trinajstić information content (AvgIpc) is 2.72. The Balaban J connectivity index is 2.49. The highest BCUT2D eigenvalue weighted by Gasteiger charge is 2.25. The number of nitrogens with zero attached hydrogens (tertiary/aromatic N) is 3. The van der Waals surface area contributed by atoms with Crippen molar-refractivity contribution in [1.29, 1.82) is 0 Å². The van der Waals surface area contributed by atoms with Gasteiger partial charge in [-0.25, -0.2) is 13.1 Å². The maximum atomic E-state index is 12.2. The fourth-order valence-corrected chi connectivity index (χ4v) is 3.04. The van der Waals surface area contributed by atoms with Crippen LogP contribution in [0.5, 0.6) is 0 Å². The number of hydrogen-bond donors (Lipinski definition) is 1. The van der Waals surface area contributed by atoms with Gasteiger partial charge in [-0.15, -0.1) is 5.10 Å². The molecule has 0 saturated heterocycles. The minimum Gasteiger partial charge on any atom is -0.408 e. The number of hydrogen-bond acceptors (Lipinski definition) is 7. The summed E-state index contributed by atoms with van der Waals surface area (Å²) in [5.74, 6) is 0.173. The molecule has 1 N–H and O–H groups in total. The fraction of sp³-hybridized carbons (Fsp3) is 0.200. The number of nitrogens with one attached hydrogen (secondary N) is 1. The van der Waals surface area contributed by atoms with Gasteiger partial charge in [0, 0.05) is 13.0 Å². The Bertz CT molecular complexity index is 817. The number of aryl methyl sites for hydroxylation is 2. The van der Waals surface area contributed by atoms with Crippen molar-refractivity contribution in [2.24, 2.45) is 0 Å². The van der Waals surface area contributed by atoms with Crippen LogP contribution in [0.15, 0.2) is 21.4 Å². The molecule has 1 aromatic heterocycles. The van der Waals surface area contributed by atoms with E-state index in [1.54, 1.807) is 0 Å². The van der Waals surface area contributed by atoms with Gasteiger partial charge in [-0.05, 0) is 18.6 Å². The number of nitro groups is 1. The molecule has 1 heterocycles. The van der Waals surface area contributed by atoms with Crippen LogP contribution in [0.3, 0.4) is 0 Å². The summed E-state index contributed by atoms with van der Waals surface area (Å²) >= 11 is 5.71. The van der Waals surface area contributed by atoms with E-state index in [9.17, 15) is 18.5 Å². The SMILES string of the molecule is Cc1nnc(NS(=O)(=O)c2cc([N+](=O)[O-])c(Cl)cc2C)o1. The van der Waals surface area contributed by atoms with Gasteiger partial charge in [0.25, 0.3) is 15.7 Å². The van der Waals surface area contributed by atoms with Crippen LogP contribution in [-0.4, -0.2) is 23.5 Å². The second-order valence-corrected chi connectivity index (χ2v) is 6.12. The molecular formula is C10H9ClN4O5S. The Labute approximate surface area is 124 Å². The lowest BCUT2D eigenvalue weighted by molar-refractivity contribution is -0.384. The largest absolute Gasteiger partial charge is 0.408 e. The number of benzene rings is 1. The molecule has 0 aliphatic rings. The van der Waals surface area contributed by atoms with Crippen molar-refractivity contribution in [3.63, 3.8) is 0 Å². The highest BCUT2D eigenvalue weighted by molar-refractivity contribution is 7.92. The Morgan fingerprint density at radius 1 is 1.33 bits per heavy atom. The van der Waals surface area contributed by atoms with Crippen molar-refractivity contribution >= 4 is 33.3 Å². The predicted molar refractivity (Wildman–Crippen MR) is 72.7 cm³/mol. The van der Waals surface area contributed by atoms with E-state index in [2.05, 4.69) is 10.2 Å². The lowest BCUT2D eigenvalue weighted by Crippen LogP contribution is -2.15. The molecular weight excluding hydrogens is 324 g/mol. The van der Waals surface area contributed by atoms with Gasteiger partial charge in [0.15, 0.2) is 0 Å². The predicted octanol–water partition coefficient (Wildman–Crippen LogP) is 2.05. The Hall–Kier alpha value is -2.20. The zero-order valence-corrected chi connectivity index (χ0v) is 12.4. The van der Waals surface area contributed by atoms with E-state index in [-0.39, 0.29) is 27.4 Å². The van der Waals surface area contributed by atoms with Gasteiger partial charge in [-0.1, -0.05) is 16.7 Å². The lowest BCUT2D eigenvalue weighted by atomic mass is 10.2. The molecule has 0 radical (unpaired) electrons. The summed E-state index contributed by atoms with van der Waals surface area (Å²) in [5, 5.41) is 17.7. The summed E-state index contributed by atoms with van der Waals surface area (Å²) in [6.07, 6.45) is 0. The van der Waals surface area contributed by atoms with E-state index in [1.807, 2.05) is 4.72 Å². The van der Waals surface area contributed by atoms with Crippen LogP contribution in [0.2, 0.25) is 5.02 Å². The summed E-state index contributed by atoms with van der Waals surface area (Å²) in [6.45, 7) is 2.95. The monoisotopic (exact) mass is 332 g/mol. The van der Waals surface area contributed by atoms with Crippen LogP contribution in [0.25, 0.3) is 0 Å². The Morgan fingerprint density at radius 3 is 2.52 bits per heavy atom. The third-order valence-electron chi connectivity index (χ3n) is 2.48. The zero-order valence-electron chi connectivity index (χ0n) is 10.8. The van der Waals surface area contributed by atoms with Gasteiger partial charge in [0.1, 0.15) is 5.02 Å². The number of aromatic nitrogens is 2.